The Morgan fingerprint density at radius 1 is 1.38 bits per heavy atom. The van der Waals surface area contributed by atoms with Gasteiger partial charge in [0.05, 0.1) is 6.42 Å². The van der Waals surface area contributed by atoms with E-state index in [2.05, 4.69) is 0 Å². The van der Waals surface area contributed by atoms with E-state index in [0.29, 0.717) is 5.56 Å². The highest BCUT2D eigenvalue weighted by Gasteiger charge is 2.24. The maximum atomic E-state index is 13.0. The summed E-state index contributed by atoms with van der Waals surface area (Å²) in [5.74, 6) is -0.826. The van der Waals surface area contributed by atoms with E-state index in [4.69, 9.17) is 5.11 Å². The molecule has 1 N–H and O–H groups in total. The van der Waals surface area contributed by atoms with Crippen LogP contribution in [0.2, 0.25) is 0 Å². The molecule has 0 aromatic heterocycles. The number of carboxylic acids is 1. The smallest absolute Gasteiger partial charge is 0.304 e. The largest absolute Gasteiger partial charge is 0.481 e. The predicted octanol–water partition coefficient (Wildman–Crippen LogP) is 3.47. The van der Waals surface area contributed by atoms with Crippen LogP contribution < -0.4 is 0 Å². The van der Waals surface area contributed by atoms with Crippen LogP contribution in [0.15, 0.2) is 24.3 Å². The number of hydrogen-bond acceptors (Lipinski definition) is 1. The average Bonchev–Trinajstić information content (AvgIpc) is 2.16. The number of carboxylic acid groups (broad SMARTS) is 1. The summed E-state index contributed by atoms with van der Waals surface area (Å²) < 4.78 is 13.0. The molecular formula is C13H17FO2. The van der Waals surface area contributed by atoms with E-state index in [9.17, 15) is 9.18 Å². The minimum absolute atomic E-state index is 0.0670. The molecule has 88 valence electrons. The Hall–Kier alpha value is -1.38. The van der Waals surface area contributed by atoms with Crippen molar-refractivity contribution >= 4 is 5.97 Å². The first-order valence-electron chi connectivity index (χ1n) is 5.29. The molecule has 0 fully saturated rings. The summed E-state index contributed by atoms with van der Waals surface area (Å²) in [4.78, 5) is 10.7. The Labute approximate surface area is 95.1 Å². The Morgan fingerprint density at radius 3 is 2.25 bits per heavy atom. The van der Waals surface area contributed by atoms with Crippen LogP contribution in [0.1, 0.15) is 44.5 Å². The van der Waals surface area contributed by atoms with Crippen LogP contribution in [0.5, 0.6) is 0 Å². The van der Waals surface area contributed by atoms with Gasteiger partial charge in [0.1, 0.15) is 6.17 Å². The van der Waals surface area contributed by atoms with E-state index < -0.39 is 17.6 Å². The van der Waals surface area contributed by atoms with Gasteiger partial charge in [-0.05, 0) is 18.1 Å². The molecule has 0 aliphatic carbocycles. The molecule has 0 radical (unpaired) electrons. The molecule has 0 amide bonds. The highest BCUT2D eigenvalue weighted by molar-refractivity contribution is 5.68. The van der Waals surface area contributed by atoms with Gasteiger partial charge in [-0.15, -0.1) is 0 Å². The number of rotatable bonds is 4. The summed E-state index contributed by atoms with van der Waals surface area (Å²) >= 11 is 0. The first kappa shape index (κ1) is 12.7. The van der Waals surface area contributed by atoms with E-state index in [1.54, 1.807) is 24.3 Å². The van der Waals surface area contributed by atoms with E-state index in [0.717, 1.165) is 5.56 Å². The highest BCUT2D eigenvalue weighted by atomic mass is 19.1. The Kier molecular flexibility index (Phi) is 3.68. The summed E-state index contributed by atoms with van der Waals surface area (Å²) in [6.07, 6.45) is -0.922. The van der Waals surface area contributed by atoms with Crippen LogP contribution in [0.3, 0.4) is 0 Å². The molecule has 1 atom stereocenters. The van der Waals surface area contributed by atoms with Gasteiger partial charge in [0, 0.05) is 5.41 Å². The molecule has 0 saturated carbocycles. The quantitative estimate of drug-likeness (QED) is 0.850. The number of alkyl halides is 1. The van der Waals surface area contributed by atoms with Crippen LogP contribution in [0, 0.1) is 0 Å². The maximum absolute atomic E-state index is 13.0. The van der Waals surface area contributed by atoms with Gasteiger partial charge in [-0.25, -0.2) is 4.39 Å². The molecule has 16 heavy (non-hydrogen) atoms. The molecule has 2 nitrogen and oxygen atoms in total. The van der Waals surface area contributed by atoms with Crippen molar-refractivity contribution in [1.82, 2.24) is 0 Å². The number of benzene rings is 1. The Bertz CT molecular complexity index is 366. The van der Waals surface area contributed by atoms with Crippen molar-refractivity contribution in [2.45, 2.75) is 38.8 Å². The summed E-state index contributed by atoms with van der Waals surface area (Å²) in [6, 6.07) is 7.02. The standard InChI is InChI=1S/C13H17FO2/c1-9(14)10-4-6-11(7-5-10)13(2,3)8-12(15)16/h4-7,9H,8H2,1-3H3,(H,15,16). The van der Waals surface area contributed by atoms with Crippen molar-refractivity contribution in [3.63, 3.8) is 0 Å². The fraction of sp³-hybridized carbons (Fsp3) is 0.462. The van der Waals surface area contributed by atoms with Gasteiger partial charge in [0.2, 0.25) is 0 Å². The van der Waals surface area contributed by atoms with Crippen molar-refractivity contribution in [2.24, 2.45) is 0 Å². The third-order valence-corrected chi connectivity index (χ3v) is 2.74. The Morgan fingerprint density at radius 2 is 1.88 bits per heavy atom. The van der Waals surface area contributed by atoms with Crippen molar-refractivity contribution in [2.75, 3.05) is 0 Å². The van der Waals surface area contributed by atoms with E-state index in [1.807, 2.05) is 13.8 Å². The third-order valence-electron chi connectivity index (χ3n) is 2.74. The zero-order valence-corrected chi connectivity index (χ0v) is 9.83. The average molecular weight is 224 g/mol. The fourth-order valence-electron chi connectivity index (χ4n) is 1.68. The fourth-order valence-corrected chi connectivity index (χ4v) is 1.68. The molecule has 0 aliphatic rings. The molecule has 1 aromatic carbocycles. The molecule has 0 heterocycles. The van der Waals surface area contributed by atoms with E-state index >= 15 is 0 Å². The first-order chi connectivity index (χ1) is 7.33. The van der Waals surface area contributed by atoms with Gasteiger partial charge >= 0.3 is 5.97 Å². The van der Waals surface area contributed by atoms with E-state index in [1.165, 1.54) is 6.92 Å². The number of halogens is 1. The Balaban J connectivity index is 2.92. The molecule has 0 spiro atoms. The van der Waals surface area contributed by atoms with Crippen LogP contribution in [-0.4, -0.2) is 11.1 Å². The lowest BCUT2D eigenvalue weighted by Crippen LogP contribution is -2.21. The van der Waals surface area contributed by atoms with Crippen molar-refractivity contribution in [3.8, 4) is 0 Å². The van der Waals surface area contributed by atoms with Crippen LogP contribution in [0.4, 0.5) is 4.39 Å². The summed E-state index contributed by atoms with van der Waals surface area (Å²) in [5.41, 5.74) is 1.11. The van der Waals surface area contributed by atoms with Gasteiger partial charge in [-0.3, -0.25) is 4.79 Å². The van der Waals surface area contributed by atoms with E-state index in [-0.39, 0.29) is 6.42 Å². The SMILES string of the molecule is CC(F)c1ccc(C(C)(C)CC(=O)O)cc1. The lowest BCUT2D eigenvalue weighted by atomic mass is 9.81. The second-order valence-corrected chi connectivity index (χ2v) is 4.69. The summed E-state index contributed by atoms with van der Waals surface area (Å²) in [6.45, 7) is 5.22. The molecule has 1 aromatic rings. The predicted molar refractivity (Wildman–Crippen MR) is 61.2 cm³/mol. The molecule has 1 rings (SSSR count). The molecule has 3 heteroatoms. The zero-order valence-electron chi connectivity index (χ0n) is 9.83. The summed E-state index contributed by atoms with van der Waals surface area (Å²) in [7, 11) is 0. The molecular weight excluding hydrogens is 207 g/mol. The van der Waals surface area contributed by atoms with Crippen molar-refractivity contribution in [3.05, 3.63) is 35.4 Å². The van der Waals surface area contributed by atoms with Crippen LogP contribution in [0.25, 0.3) is 0 Å². The monoisotopic (exact) mass is 224 g/mol. The topological polar surface area (TPSA) is 37.3 Å². The number of aliphatic carboxylic acids is 1. The second-order valence-electron chi connectivity index (χ2n) is 4.69. The van der Waals surface area contributed by atoms with Gasteiger partial charge in [0.25, 0.3) is 0 Å². The van der Waals surface area contributed by atoms with Crippen molar-refractivity contribution < 1.29 is 14.3 Å². The maximum Gasteiger partial charge on any atom is 0.304 e. The third kappa shape index (κ3) is 3.05. The molecule has 0 bridgehead atoms. The number of hydrogen-bond donors (Lipinski definition) is 1. The first-order valence-corrected chi connectivity index (χ1v) is 5.29. The normalized spacial score (nSPS) is 13.5. The lowest BCUT2D eigenvalue weighted by Gasteiger charge is -2.23. The molecule has 0 saturated heterocycles. The summed E-state index contributed by atoms with van der Waals surface area (Å²) in [5, 5.41) is 8.79. The van der Waals surface area contributed by atoms with Gasteiger partial charge < -0.3 is 5.11 Å². The van der Waals surface area contributed by atoms with Gasteiger partial charge in [0.15, 0.2) is 0 Å². The second kappa shape index (κ2) is 4.64. The minimum Gasteiger partial charge on any atom is -0.481 e. The van der Waals surface area contributed by atoms with Crippen LogP contribution in [-0.2, 0) is 10.2 Å². The lowest BCUT2D eigenvalue weighted by molar-refractivity contribution is -0.138. The van der Waals surface area contributed by atoms with Gasteiger partial charge in [-0.1, -0.05) is 38.1 Å². The zero-order chi connectivity index (χ0) is 12.3. The minimum atomic E-state index is -0.989. The molecule has 1 unspecified atom stereocenters. The van der Waals surface area contributed by atoms with Crippen molar-refractivity contribution in [1.29, 1.82) is 0 Å². The molecule has 0 aliphatic heterocycles. The van der Waals surface area contributed by atoms with Gasteiger partial charge in [-0.2, -0.15) is 0 Å². The number of carbonyl (C=O) groups is 1. The van der Waals surface area contributed by atoms with Crippen LogP contribution >= 0.6 is 0 Å². The highest BCUT2D eigenvalue weighted by Crippen LogP contribution is 2.28.